The van der Waals surface area contributed by atoms with E-state index in [1.807, 2.05) is 0 Å². The fraction of sp³-hybridized carbons (Fsp3) is 0.727. The Balaban J connectivity index is 1.73. The normalized spacial score (nSPS) is 25.8. The number of hydrogen-bond acceptors (Lipinski definition) is 7. The molecule has 2 heterocycles. The lowest BCUT2D eigenvalue weighted by Gasteiger charge is -2.17. The van der Waals surface area contributed by atoms with Crippen LogP contribution in [0.3, 0.4) is 0 Å². The van der Waals surface area contributed by atoms with Crippen molar-refractivity contribution < 1.29 is 33.4 Å². The number of carbonyl (C=O) groups excluding carboxylic acids is 3. The summed E-state index contributed by atoms with van der Waals surface area (Å²) in [4.78, 5) is 38.2. The number of carbonyl (C=O) groups is 3. The molecule has 0 aromatic heterocycles. The molecule has 2 amide bonds. The highest BCUT2D eigenvalue weighted by molar-refractivity contribution is 6.01. The van der Waals surface area contributed by atoms with Gasteiger partial charge in [0.05, 0.1) is 6.61 Å². The Kier molecular flexibility index (Phi) is 3.72. The van der Waals surface area contributed by atoms with Crippen molar-refractivity contribution in [2.24, 2.45) is 0 Å². The fourth-order valence-corrected chi connectivity index (χ4v) is 1.76. The highest BCUT2D eigenvalue weighted by Crippen LogP contribution is 2.22. The summed E-state index contributed by atoms with van der Waals surface area (Å²) in [6.07, 6.45) is -1.43. The molecule has 2 fully saturated rings. The fourth-order valence-electron chi connectivity index (χ4n) is 1.76. The van der Waals surface area contributed by atoms with E-state index in [2.05, 4.69) is 4.84 Å². The zero-order valence-corrected chi connectivity index (χ0v) is 10.7. The molecule has 0 aromatic rings. The van der Waals surface area contributed by atoms with Crippen molar-refractivity contribution in [3.05, 3.63) is 0 Å². The Bertz CT molecular complexity index is 390. The van der Waals surface area contributed by atoms with Crippen LogP contribution in [0.4, 0.5) is 4.79 Å². The number of ether oxygens (including phenoxy) is 3. The Labute approximate surface area is 109 Å². The second-order valence-electron chi connectivity index (χ2n) is 4.68. The minimum absolute atomic E-state index is 0.0415. The van der Waals surface area contributed by atoms with E-state index in [9.17, 15) is 14.4 Å². The second kappa shape index (κ2) is 5.14. The predicted molar refractivity (Wildman–Crippen MR) is 58.4 cm³/mol. The maximum Gasteiger partial charge on any atom is 0.534 e. The number of nitrogens with zero attached hydrogens (tertiary/aromatic N) is 1. The van der Waals surface area contributed by atoms with E-state index >= 15 is 0 Å². The average Bonchev–Trinajstić information content (AvgIpc) is 2.83. The lowest BCUT2D eigenvalue weighted by molar-refractivity contribution is -0.178. The maximum absolute atomic E-state index is 11.3. The van der Waals surface area contributed by atoms with Crippen molar-refractivity contribution in [3.8, 4) is 0 Å². The van der Waals surface area contributed by atoms with E-state index in [-0.39, 0.29) is 19.4 Å². The summed E-state index contributed by atoms with van der Waals surface area (Å²) < 4.78 is 15.5. The van der Waals surface area contributed by atoms with Crippen LogP contribution in [-0.4, -0.2) is 48.1 Å². The summed E-state index contributed by atoms with van der Waals surface area (Å²) in [6, 6.07) is 0. The monoisotopic (exact) mass is 273 g/mol. The van der Waals surface area contributed by atoms with Crippen molar-refractivity contribution >= 4 is 18.0 Å². The topological polar surface area (TPSA) is 91.4 Å². The quantitative estimate of drug-likeness (QED) is 0.541. The number of rotatable bonds is 3. The van der Waals surface area contributed by atoms with Gasteiger partial charge in [0.1, 0.15) is 12.7 Å². The van der Waals surface area contributed by atoms with E-state index in [1.54, 1.807) is 13.8 Å². The average molecular weight is 273 g/mol. The standard InChI is InChI=1S/C11H15NO7/c1-11(2)17-6-7(18-11)5-16-10(15)19-12-8(13)3-4-9(12)14/h7H,3-6H2,1-2H3. The maximum atomic E-state index is 11.3. The zero-order valence-electron chi connectivity index (χ0n) is 10.7. The molecule has 0 radical (unpaired) electrons. The first-order valence-electron chi connectivity index (χ1n) is 5.90. The van der Waals surface area contributed by atoms with Crippen LogP contribution in [0.5, 0.6) is 0 Å². The minimum atomic E-state index is -1.11. The van der Waals surface area contributed by atoms with Gasteiger partial charge >= 0.3 is 6.16 Å². The molecule has 2 aliphatic heterocycles. The van der Waals surface area contributed by atoms with Crippen LogP contribution in [0.2, 0.25) is 0 Å². The van der Waals surface area contributed by atoms with Gasteiger partial charge in [0.2, 0.25) is 0 Å². The van der Waals surface area contributed by atoms with E-state index in [0.717, 1.165) is 0 Å². The summed E-state index contributed by atoms with van der Waals surface area (Å²) in [5.74, 6) is -1.81. The summed E-state index contributed by atoms with van der Waals surface area (Å²) in [5, 5.41) is 0.429. The third-order valence-electron chi connectivity index (χ3n) is 2.63. The van der Waals surface area contributed by atoms with Crippen LogP contribution < -0.4 is 0 Å². The number of amides is 2. The van der Waals surface area contributed by atoms with Gasteiger partial charge in [-0.1, -0.05) is 5.06 Å². The lowest BCUT2D eigenvalue weighted by Crippen LogP contribution is -2.33. The molecule has 0 aliphatic carbocycles. The van der Waals surface area contributed by atoms with E-state index in [0.29, 0.717) is 11.7 Å². The summed E-state index contributed by atoms with van der Waals surface area (Å²) in [5.41, 5.74) is 0. The molecule has 1 unspecified atom stereocenters. The third-order valence-corrected chi connectivity index (χ3v) is 2.63. The Morgan fingerprint density at radius 3 is 2.53 bits per heavy atom. The Morgan fingerprint density at radius 2 is 2.00 bits per heavy atom. The highest BCUT2D eigenvalue weighted by Gasteiger charge is 2.35. The second-order valence-corrected chi connectivity index (χ2v) is 4.68. The van der Waals surface area contributed by atoms with Gasteiger partial charge in [-0.3, -0.25) is 14.4 Å². The van der Waals surface area contributed by atoms with Gasteiger partial charge in [-0.05, 0) is 13.8 Å². The van der Waals surface area contributed by atoms with Gasteiger partial charge in [0, 0.05) is 12.8 Å². The lowest BCUT2D eigenvalue weighted by atomic mass is 10.4. The molecule has 2 rings (SSSR count). The summed E-state index contributed by atoms with van der Waals surface area (Å²) in [6.45, 7) is 3.71. The summed E-state index contributed by atoms with van der Waals surface area (Å²) >= 11 is 0. The van der Waals surface area contributed by atoms with Crippen LogP contribution in [0.25, 0.3) is 0 Å². The van der Waals surface area contributed by atoms with Gasteiger partial charge in [-0.2, -0.15) is 0 Å². The van der Waals surface area contributed by atoms with Gasteiger partial charge in [0.15, 0.2) is 5.79 Å². The van der Waals surface area contributed by atoms with Crippen molar-refractivity contribution in [3.63, 3.8) is 0 Å². The first-order valence-corrected chi connectivity index (χ1v) is 5.90. The van der Waals surface area contributed by atoms with Gasteiger partial charge in [-0.15, -0.1) is 0 Å². The first-order chi connectivity index (χ1) is 8.87. The van der Waals surface area contributed by atoms with Crippen LogP contribution >= 0.6 is 0 Å². The molecular weight excluding hydrogens is 258 g/mol. The molecule has 2 aliphatic rings. The molecular formula is C11H15NO7. The SMILES string of the molecule is CC1(C)OCC(COC(=O)ON2C(=O)CCC2=O)O1. The zero-order chi connectivity index (χ0) is 14.0. The van der Waals surface area contributed by atoms with Crippen molar-refractivity contribution in [1.82, 2.24) is 5.06 Å². The number of hydroxylamine groups is 2. The van der Waals surface area contributed by atoms with Crippen LogP contribution in [0, 0.1) is 0 Å². The van der Waals surface area contributed by atoms with Crippen molar-refractivity contribution in [1.29, 1.82) is 0 Å². The minimum Gasteiger partial charge on any atom is -0.430 e. The number of imide groups is 1. The third kappa shape index (κ3) is 3.42. The molecule has 0 N–H and O–H groups in total. The first kappa shape index (κ1) is 13.8. The molecule has 0 spiro atoms. The highest BCUT2D eigenvalue weighted by atomic mass is 16.8. The predicted octanol–water partition coefficient (Wildman–Crippen LogP) is 0.355. The molecule has 8 heteroatoms. The molecule has 0 saturated carbocycles. The molecule has 0 aromatic carbocycles. The molecule has 2 saturated heterocycles. The molecule has 0 bridgehead atoms. The summed E-state index contributed by atoms with van der Waals surface area (Å²) in [7, 11) is 0. The van der Waals surface area contributed by atoms with Crippen LogP contribution in [0.1, 0.15) is 26.7 Å². The van der Waals surface area contributed by atoms with Crippen LogP contribution in [0.15, 0.2) is 0 Å². The Morgan fingerprint density at radius 1 is 1.37 bits per heavy atom. The van der Waals surface area contributed by atoms with Crippen molar-refractivity contribution in [2.45, 2.75) is 38.6 Å². The van der Waals surface area contributed by atoms with Crippen LogP contribution in [-0.2, 0) is 28.6 Å². The molecule has 8 nitrogen and oxygen atoms in total. The van der Waals surface area contributed by atoms with Crippen molar-refractivity contribution in [2.75, 3.05) is 13.2 Å². The van der Waals surface area contributed by atoms with E-state index < -0.39 is 29.9 Å². The number of hydrogen-bond donors (Lipinski definition) is 0. The van der Waals surface area contributed by atoms with Gasteiger partial charge in [-0.25, -0.2) is 4.79 Å². The molecule has 19 heavy (non-hydrogen) atoms. The van der Waals surface area contributed by atoms with E-state index in [4.69, 9.17) is 14.2 Å². The van der Waals surface area contributed by atoms with Gasteiger partial charge < -0.3 is 14.2 Å². The smallest absolute Gasteiger partial charge is 0.430 e. The van der Waals surface area contributed by atoms with E-state index in [1.165, 1.54) is 0 Å². The molecule has 106 valence electrons. The largest absolute Gasteiger partial charge is 0.534 e. The Hall–Kier alpha value is -1.67. The molecule has 1 atom stereocenters. The van der Waals surface area contributed by atoms with Gasteiger partial charge in [0.25, 0.3) is 11.8 Å².